The van der Waals surface area contributed by atoms with E-state index in [1.807, 2.05) is 12.1 Å². The Kier molecular flexibility index (Phi) is 1.81. The van der Waals surface area contributed by atoms with Gasteiger partial charge in [-0.1, -0.05) is 19.1 Å². The van der Waals surface area contributed by atoms with Gasteiger partial charge in [-0.3, -0.25) is 0 Å². The lowest BCUT2D eigenvalue weighted by Gasteiger charge is -2.10. The summed E-state index contributed by atoms with van der Waals surface area (Å²) in [4.78, 5) is 0. The standard InChI is InChI=1S/C11H15NO/c1-11(7-10(11)12)8-3-5-9(13-2)6-4-8/h3-6,10H,7,12H2,1-2H3. The van der Waals surface area contributed by atoms with Gasteiger partial charge in [0.15, 0.2) is 0 Å². The fourth-order valence-corrected chi connectivity index (χ4v) is 1.70. The molecule has 2 atom stereocenters. The summed E-state index contributed by atoms with van der Waals surface area (Å²) in [6.07, 6.45) is 1.10. The van der Waals surface area contributed by atoms with Crippen LogP contribution in [0.4, 0.5) is 0 Å². The quantitative estimate of drug-likeness (QED) is 0.746. The van der Waals surface area contributed by atoms with E-state index in [4.69, 9.17) is 10.5 Å². The molecule has 2 rings (SSSR count). The Balaban J connectivity index is 2.24. The van der Waals surface area contributed by atoms with E-state index in [0.29, 0.717) is 6.04 Å². The molecule has 2 unspecified atom stereocenters. The van der Waals surface area contributed by atoms with Crippen LogP contribution in [0.15, 0.2) is 24.3 Å². The summed E-state index contributed by atoms with van der Waals surface area (Å²) in [5.41, 5.74) is 7.41. The van der Waals surface area contributed by atoms with Gasteiger partial charge in [0, 0.05) is 11.5 Å². The summed E-state index contributed by atoms with van der Waals surface area (Å²) in [5.74, 6) is 0.904. The third kappa shape index (κ3) is 1.31. The van der Waals surface area contributed by atoms with Gasteiger partial charge >= 0.3 is 0 Å². The number of benzene rings is 1. The monoisotopic (exact) mass is 177 g/mol. The van der Waals surface area contributed by atoms with E-state index in [0.717, 1.165) is 12.2 Å². The minimum absolute atomic E-state index is 0.215. The number of hydrogen-bond donors (Lipinski definition) is 1. The highest BCUT2D eigenvalue weighted by Crippen LogP contribution is 2.46. The van der Waals surface area contributed by atoms with Crippen molar-refractivity contribution in [2.75, 3.05) is 7.11 Å². The third-order valence-electron chi connectivity index (χ3n) is 3.05. The average Bonchev–Trinajstić information content (AvgIpc) is 2.76. The Morgan fingerprint density at radius 3 is 2.31 bits per heavy atom. The van der Waals surface area contributed by atoms with Crippen LogP contribution in [0.1, 0.15) is 18.9 Å². The maximum Gasteiger partial charge on any atom is 0.118 e. The SMILES string of the molecule is COc1ccc(C2(C)CC2N)cc1. The van der Waals surface area contributed by atoms with Crippen molar-refractivity contribution in [3.05, 3.63) is 29.8 Å². The van der Waals surface area contributed by atoms with E-state index in [-0.39, 0.29) is 5.41 Å². The van der Waals surface area contributed by atoms with Gasteiger partial charge in [0.2, 0.25) is 0 Å². The van der Waals surface area contributed by atoms with Crippen molar-refractivity contribution in [3.8, 4) is 5.75 Å². The Morgan fingerprint density at radius 1 is 1.38 bits per heavy atom. The maximum absolute atomic E-state index is 5.87. The molecule has 0 saturated heterocycles. The van der Waals surface area contributed by atoms with Crippen molar-refractivity contribution in [3.63, 3.8) is 0 Å². The van der Waals surface area contributed by atoms with Gasteiger partial charge in [0.05, 0.1) is 7.11 Å². The lowest BCUT2D eigenvalue weighted by molar-refractivity contribution is 0.414. The number of methoxy groups -OCH3 is 1. The summed E-state index contributed by atoms with van der Waals surface area (Å²) < 4.78 is 5.10. The van der Waals surface area contributed by atoms with Crippen LogP contribution in [0.25, 0.3) is 0 Å². The molecule has 1 aromatic carbocycles. The summed E-state index contributed by atoms with van der Waals surface area (Å²) >= 11 is 0. The molecule has 2 N–H and O–H groups in total. The molecule has 0 aromatic heterocycles. The van der Waals surface area contributed by atoms with Crippen LogP contribution in [0.5, 0.6) is 5.75 Å². The summed E-state index contributed by atoms with van der Waals surface area (Å²) in [6, 6.07) is 8.52. The largest absolute Gasteiger partial charge is 0.497 e. The highest BCUT2D eigenvalue weighted by Gasteiger charge is 2.48. The molecule has 0 amide bonds. The fourth-order valence-electron chi connectivity index (χ4n) is 1.70. The molecule has 0 heterocycles. The first kappa shape index (κ1) is 8.57. The first-order valence-corrected chi connectivity index (χ1v) is 4.57. The van der Waals surface area contributed by atoms with Crippen molar-refractivity contribution < 1.29 is 4.74 Å². The zero-order valence-electron chi connectivity index (χ0n) is 8.08. The third-order valence-corrected chi connectivity index (χ3v) is 3.05. The molecular weight excluding hydrogens is 162 g/mol. The summed E-state index contributed by atoms with van der Waals surface area (Å²) in [7, 11) is 1.68. The molecule has 1 aromatic rings. The fraction of sp³-hybridized carbons (Fsp3) is 0.455. The number of ether oxygens (including phenoxy) is 1. The number of hydrogen-bond acceptors (Lipinski definition) is 2. The zero-order chi connectivity index (χ0) is 9.47. The predicted octanol–water partition coefficient (Wildman–Crippen LogP) is 1.68. The lowest BCUT2D eigenvalue weighted by Crippen LogP contribution is -2.14. The van der Waals surface area contributed by atoms with Crippen molar-refractivity contribution in [1.29, 1.82) is 0 Å². The molecule has 0 radical (unpaired) electrons. The highest BCUT2D eigenvalue weighted by molar-refractivity contribution is 5.38. The molecule has 2 nitrogen and oxygen atoms in total. The minimum Gasteiger partial charge on any atom is -0.497 e. The van der Waals surface area contributed by atoms with Gasteiger partial charge in [-0.15, -0.1) is 0 Å². The minimum atomic E-state index is 0.215. The predicted molar refractivity (Wildman–Crippen MR) is 52.9 cm³/mol. The Hall–Kier alpha value is -1.02. The first-order valence-electron chi connectivity index (χ1n) is 4.57. The second-order valence-electron chi connectivity index (χ2n) is 3.96. The lowest BCUT2D eigenvalue weighted by atomic mass is 9.97. The Labute approximate surface area is 78.7 Å². The van der Waals surface area contributed by atoms with Gasteiger partial charge in [-0.2, -0.15) is 0 Å². The van der Waals surface area contributed by atoms with E-state index >= 15 is 0 Å². The second-order valence-corrected chi connectivity index (χ2v) is 3.96. The number of nitrogens with two attached hydrogens (primary N) is 1. The molecule has 0 spiro atoms. The van der Waals surface area contributed by atoms with Crippen molar-refractivity contribution in [2.24, 2.45) is 5.73 Å². The van der Waals surface area contributed by atoms with E-state index in [1.165, 1.54) is 5.56 Å². The van der Waals surface area contributed by atoms with E-state index < -0.39 is 0 Å². The van der Waals surface area contributed by atoms with Gasteiger partial charge in [-0.05, 0) is 24.1 Å². The average molecular weight is 177 g/mol. The topological polar surface area (TPSA) is 35.2 Å². The van der Waals surface area contributed by atoms with Gasteiger partial charge < -0.3 is 10.5 Å². The van der Waals surface area contributed by atoms with Crippen LogP contribution in [0, 0.1) is 0 Å². The molecular formula is C11H15NO. The van der Waals surface area contributed by atoms with E-state index in [2.05, 4.69) is 19.1 Å². The molecule has 13 heavy (non-hydrogen) atoms. The van der Waals surface area contributed by atoms with Crippen LogP contribution in [-0.2, 0) is 5.41 Å². The van der Waals surface area contributed by atoms with Crippen LogP contribution >= 0.6 is 0 Å². The molecule has 1 saturated carbocycles. The van der Waals surface area contributed by atoms with E-state index in [1.54, 1.807) is 7.11 Å². The molecule has 70 valence electrons. The van der Waals surface area contributed by atoms with Crippen molar-refractivity contribution in [2.45, 2.75) is 24.8 Å². The Bertz CT molecular complexity index is 306. The molecule has 1 fully saturated rings. The van der Waals surface area contributed by atoms with Crippen LogP contribution in [0.2, 0.25) is 0 Å². The molecule has 0 bridgehead atoms. The zero-order valence-corrected chi connectivity index (χ0v) is 8.08. The Morgan fingerprint density at radius 2 is 1.92 bits per heavy atom. The van der Waals surface area contributed by atoms with Crippen LogP contribution in [0.3, 0.4) is 0 Å². The highest BCUT2D eigenvalue weighted by atomic mass is 16.5. The molecule has 2 heteroatoms. The summed E-state index contributed by atoms with van der Waals surface area (Å²) in [6.45, 7) is 2.21. The first-order chi connectivity index (χ1) is 6.16. The van der Waals surface area contributed by atoms with Crippen LogP contribution < -0.4 is 10.5 Å². The van der Waals surface area contributed by atoms with Gasteiger partial charge in [-0.25, -0.2) is 0 Å². The number of rotatable bonds is 2. The van der Waals surface area contributed by atoms with E-state index in [9.17, 15) is 0 Å². The maximum atomic E-state index is 5.87. The smallest absolute Gasteiger partial charge is 0.118 e. The second kappa shape index (κ2) is 2.74. The van der Waals surface area contributed by atoms with Gasteiger partial charge in [0.1, 0.15) is 5.75 Å². The normalized spacial score (nSPS) is 31.5. The van der Waals surface area contributed by atoms with Crippen molar-refractivity contribution >= 4 is 0 Å². The van der Waals surface area contributed by atoms with Crippen LogP contribution in [-0.4, -0.2) is 13.2 Å². The summed E-state index contributed by atoms with van der Waals surface area (Å²) in [5, 5.41) is 0. The molecule has 0 aliphatic heterocycles. The molecule has 1 aliphatic carbocycles. The van der Waals surface area contributed by atoms with Crippen molar-refractivity contribution in [1.82, 2.24) is 0 Å². The molecule has 1 aliphatic rings. The van der Waals surface area contributed by atoms with Gasteiger partial charge in [0.25, 0.3) is 0 Å².